The van der Waals surface area contributed by atoms with Gasteiger partial charge >= 0.3 is 0 Å². The Morgan fingerprint density at radius 1 is 1.33 bits per heavy atom. The molecule has 18 heavy (non-hydrogen) atoms. The van der Waals surface area contributed by atoms with Crippen molar-refractivity contribution in [1.82, 2.24) is 14.4 Å². The number of rotatable bonds is 2. The number of nitrogens with zero attached hydrogens (tertiary/aromatic N) is 3. The van der Waals surface area contributed by atoms with E-state index < -0.39 is 0 Å². The van der Waals surface area contributed by atoms with E-state index in [1.54, 1.807) is 12.4 Å². The van der Waals surface area contributed by atoms with Gasteiger partial charge in [-0.05, 0) is 35.0 Å². The number of pyridine rings is 2. The molecule has 0 aliphatic rings. The molecule has 3 rings (SSSR count). The maximum atomic E-state index is 5.81. The molecule has 0 aliphatic heterocycles. The molecule has 0 amide bonds. The molecule has 0 spiro atoms. The molecule has 0 radical (unpaired) electrons. The van der Waals surface area contributed by atoms with Gasteiger partial charge in [-0.1, -0.05) is 0 Å². The Kier molecular flexibility index (Phi) is 2.76. The minimum absolute atomic E-state index is 0.693. The first-order valence-electron chi connectivity index (χ1n) is 5.45. The number of ether oxygens (including phenoxy) is 1. The Morgan fingerprint density at radius 3 is 3.00 bits per heavy atom. The highest BCUT2D eigenvalue weighted by Gasteiger charge is 2.08. The van der Waals surface area contributed by atoms with Gasteiger partial charge in [0.25, 0.3) is 0 Å². The summed E-state index contributed by atoms with van der Waals surface area (Å²) in [5.74, 6) is 1.39. The number of hydrogen-bond donors (Lipinski definition) is 0. The first-order chi connectivity index (χ1) is 8.72. The molecule has 0 fully saturated rings. The third-order valence-corrected chi connectivity index (χ3v) is 2.90. The highest BCUT2D eigenvalue weighted by Crippen LogP contribution is 2.28. The molecule has 4 nitrogen and oxygen atoms in total. The first-order valence-corrected chi connectivity index (χ1v) is 6.24. The van der Waals surface area contributed by atoms with E-state index in [-0.39, 0.29) is 0 Å². The summed E-state index contributed by atoms with van der Waals surface area (Å²) in [6, 6.07) is 5.59. The molecule has 0 saturated carbocycles. The maximum Gasteiger partial charge on any atom is 0.180 e. The van der Waals surface area contributed by atoms with E-state index in [0.717, 1.165) is 15.8 Å². The molecule has 3 aromatic heterocycles. The van der Waals surface area contributed by atoms with Crippen LogP contribution in [-0.2, 0) is 0 Å². The first kappa shape index (κ1) is 11.2. The van der Waals surface area contributed by atoms with Crippen molar-refractivity contribution in [1.29, 1.82) is 0 Å². The van der Waals surface area contributed by atoms with Gasteiger partial charge in [-0.3, -0.25) is 4.98 Å². The van der Waals surface area contributed by atoms with Crippen LogP contribution in [0.15, 0.2) is 47.5 Å². The van der Waals surface area contributed by atoms with Crippen LogP contribution in [0.4, 0.5) is 0 Å². The molecule has 0 saturated heterocycles. The van der Waals surface area contributed by atoms with Crippen molar-refractivity contribution in [2.45, 2.75) is 6.92 Å². The number of aromatic nitrogens is 3. The zero-order valence-corrected chi connectivity index (χ0v) is 11.3. The Hall–Kier alpha value is -1.88. The molecule has 3 aromatic rings. The van der Waals surface area contributed by atoms with E-state index in [4.69, 9.17) is 4.74 Å². The topological polar surface area (TPSA) is 39.4 Å². The third kappa shape index (κ3) is 2.09. The van der Waals surface area contributed by atoms with Crippen molar-refractivity contribution in [3.63, 3.8) is 0 Å². The van der Waals surface area contributed by atoms with Crippen LogP contribution in [0.3, 0.4) is 0 Å². The summed E-state index contributed by atoms with van der Waals surface area (Å²) in [7, 11) is 0. The average molecular weight is 304 g/mol. The van der Waals surface area contributed by atoms with Crippen LogP contribution in [0, 0.1) is 6.92 Å². The lowest BCUT2D eigenvalue weighted by molar-refractivity contribution is 0.482. The summed E-state index contributed by atoms with van der Waals surface area (Å²) < 4.78 is 8.68. The maximum absolute atomic E-state index is 5.81. The Bertz CT molecular complexity index is 694. The predicted molar refractivity (Wildman–Crippen MR) is 71.9 cm³/mol. The minimum atomic E-state index is 0.693. The highest BCUT2D eigenvalue weighted by atomic mass is 79.9. The quantitative estimate of drug-likeness (QED) is 0.726. The zero-order valence-electron chi connectivity index (χ0n) is 9.67. The Labute approximate surface area is 112 Å². The predicted octanol–water partition coefficient (Wildman–Crippen LogP) is 3.59. The van der Waals surface area contributed by atoms with Crippen LogP contribution in [0.2, 0.25) is 0 Å². The molecule has 0 aromatic carbocycles. The van der Waals surface area contributed by atoms with Crippen molar-refractivity contribution in [3.05, 3.63) is 53.2 Å². The fourth-order valence-electron chi connectivity index (χ4n) is 1.77. The third-order valence-electron chi connectivity index (χ3n) is 2.47. The molecule has 5 heteroatoms. The molecule has 0 atom stereocenters. The number of fused-ring (bicyclic) bond motifs is 1. The monoisotopic (exact) mass is 303 g/mol. The molecule has 0 N–H and O–H groups in total. The molecule has 0 unspecified atom stereocenters. The van der Waals surface area contributed by atoms with Gasteiger partial charge in [0.2, 0.25) is 0 Å². The van der Waals surface area contributed by atoms with Gasteiger partial charge < -0.3 is 9.14 Å². The summed E-state index contributed by atoms with van der Waals surface area (Å²) in [4.78, 5) is 8.47. The van der Waals surface area contributed by atoms with Crippen molar-refractivity contribution < 1.29 is 4.74 Å². The van der Waals surface area contributed by atoms with Crippen molar-refractivity contribution >= 4 is 21.6 Å². The summed E-state index contributed by atoms with van der Waals surface area (Å²) in [6.45, 7) is 1.95. The molecular weight excluding hydrogens is 294 g/mol. The second-order valence-electron chi connectivity index (χ2n) is 3.93. The fourth-order valence-corrected chi connectivity index (χ4v) is 2.19. The van der Waals surface area contributed by atoms with Crippen molar-refractivity contribution in [2.24, 2.45) is 0 Å². The van der Waals surface area contributed by atoms with Gasteiger partial charge in [0.1, 0.15) is 5.75 Å². The highest BCUT2D eigenvalue weighted by molar-refractivity contribution is 9.10. The van der Waals surface area contributed by atoms with Crippen LogP contribution in [-0.4, -0.2) is 14.4 Å². The summed E-state index contributed by atoms with van der Waals surface area (Å²) in [5.41, 5.74) is 1.74. The molecule has 3 heterocycles. The summed E-state index contributed by atoms with van der Waals surface area (Å²) in [6.07, 6.45) is 7.29. The van der Waals surface area contributed by atoms with E-state index in [1.165, 1.54) is 0 Å². The number of aryl methyl sites for hydroxylation is 1. The van der Waals surface area contributed by atoms with Gasteiger partial charge in [-0.15, -0.1) is 0 Å². The van der Waals surface area contributed by atoms with Crippen LogP contribution < -0.4 is 4.74 Å². The molecule has 0 bridgehead atoms. The van der Waals surface area contributed by atoms with Gasteiger partial charge in [0, 0.05) is 29.1 Å². The van der Waals surface area contributed by atoms with Gasteiger partial charge in [0.15, 0.2) is 11.4 Å². The van der Waals surface area contributed by atoms with E-state index >= 15 is 0 Å². The van der Waals surface area contributed by atoms with Crippen LogP contribution in [0.25, 0.3) is 5.65 Å². The van der Waals surface area contributed by atoms with Gasteiger partial charge in [-0.2, -0.15) is 0 Å². The summed E-state index contributed by atoms with van der Waals surface area (Å²) >= 11 is 3.46. The van der Waals surface area contributed by atoms with Gasteiger partial charge in [-0.25, -0.2) is 4.98 Å². The van der Waals surface area contributed by atoms with Crippen molar-refractivity contribution in [2.75, 3.05) is 0 Å². The minimum Gasteiger partial charge on any atom is -0.452 e. The lowest BCUT2D eigenvalue weighted by Crippen LogP contribution is -1.91. The average Bonchev–Trinajstić information content (AvgIpc) is 2.71. The van der Waals surface area contributed by atoms with Crippen LogP contribution >= 0.6 is 15.9 Å². The number of imidazole rings is 1. The van der Waals surface area contributed by atoms with E-state index in [1.807, 2.05) is 41.9 Å². The SMILES string of the molecule is Cc1cn2cc(Br)cc(Oc3cccnc3)c2n1. The van der Waals surface area contributed by atoms with Crippen LogP contribution in [0.5, 0.6) is 11.5 Å². The second-order valence-corrected chi connectivity index (χ2v) is 4.84. The van der Waals surface area contributed by atoms with E-state index in [2.05, 4.69) is 25.9 Å². The standard InChI is InChI=1S/C13H10BrN3O/c1-9-7-17-8-10(14)5-12(13(17)16-9)18-11-3-2-4-15-6-11/h2-8H,1H3. The smallest absolute Gasteiger partial charge is 0.180 e. The zero-order chi connectivity index (χ0) is 12.5. The fraction of sp³-hybridized carbons (Fsp3) is 0.0769. The molecular formula is C13H10BrN3O. The number of halogens is 1. The molecule has 90 valence electrons. The number of hydrogen-bond acceptors (Lipinski definition) is 3. The van der Waals surface area contributed by atoms with Crippen LogP contribution in [0.1, 0.15) is 5.69 Å². The summed E-state index contributed by atoms with van der Waals surface area (Å²) in [5, 5.41) is 0. The largest absolute Gasteiger partial charge is 0.452 e. The van der Waals surface area contributed by atoms with Crippen molar-refractivity contribution in [3.8, 4) is 11.5 Å². The normalized spacial score (nSPS) is 10.8. The lowest BCUT2D eigenvalue weighted by Gasteiger charge is -2.07. The van der Waals surface area contributed by atoms with Gasteiger partial charge in [0.05, 0.1) is 11.9 Å². The molecule has 0 aliphatic carbocycles. The second kappa shape index (κ2) is 4.42. The Balaban J connectivity index is 2.10. The Morgan fingerprint density at radius 2 is 2.22 bits per heavy atom. The lowest BCUT2D eigenvalue weighted by atomic mass is 10.4. The van der Waals surface area contributed by atoms with E-state index in [0.29, 0.717) is 11.5 Å². The van der Waals surface area contributed by atoms with E-state index in [9.17, 15) is 0 Å².